The number of halogens is 2. The maximum absolute atomic E-state index is 13.5. The van der Waals surface area contributed by atoms with Crippen LogP contribution in [0.4, 0.5) is 10.2 Å². The molecular weight excluding hydrogens is 451 g/mol. The first kappa shape index (κ1) is 24.1. The van der Waals surface area contributed by atoms with Crippen molar-refractivity contribution in [3.63, 3.8) is 0 Å². The Morgan fingerprint density at radius 3 is 2.32 bits per heavy atom. The van der Waals surface area contributed by atoms with Crippen LogP contribution in [0.5, 0.6) is 0 Å². The Hall–Kier alpha value is -2.99. The van der Waals surface area contributed by atoms with Gasteiger partial charge in [-0.1, -0.05) is 56.6 Å². The highest BCUT2D eigenvalue weighted by Gasteiger charge is 2.27. The molecule has 178 valence electrons. The molecular formula is C27H30ClFN4O. The Morgan fingerprint density at radius 1 is 1.03 bits per heavy atom. The van der Waals surface area contributed by atoms with Crippen molar-refractivity contribution in [3.05, 3.63) is 87.6 Å². The molecule has 2 heterocycles. The summed E-state index contributed by atoms with van der Waals surface area (Å²) in [5, 5.41) is 0.474. The van der Waals surface area contributed by atoms with Gasteiger partial charge in [0.2, 0.25) is 0 Å². The van der Waals surface area contributed by atoms with E-state index in [-0.39, 0.29) is 17.6 Å². The number of hydrogen-bond donors (Lipinski definition) is 0. The Labute approximate surface area is 205 Å². The Balaban J connectivity index is 1.61. The van der Waals surface area contributed by atoms with Crippen LogP contribution in [-0.4, -0.2) is 47.0 Å². The van der Waals surface area contributed by atoms with Gasteiger partial charge in [-0.2, -0.15) is 0 Å². The van der Waals surface area contributed by atoms with Crippen molar-refractivity contribution < 1.29 is 9.18 Å². The van der Waals surface area contributed by atoms with Gasteiger partial charge >= 0.3 is 0 Å². The maximum Gasteiger partial charge on any atom is 0.255 e. The smallest absolute Gasteiger partial charge is 0.255 e. The summed E-state index contributed by atoms with van der Waals surface area (Å²) in [6.07, 6.45) is 1.42. The summed E-state index contributed by atoms with van der Waals surface area (Å²) in [6.45, 7) is 8.81. The predicted molar refractivity (Wildman–Crippen MR) is 134 cm³/mol. The molecule has 1 aliphatic heterocycles. The Kier molecular flexibility index (Phi) is 7.47. The highest BCUT2D eigenvalue weighted by Crippen LogP contribution is 2.28. The molecule has 0 saturated carbocycles. The lowest BCUT2D eigenvalue weighted by atomic mass is 10.0. The van der Waals surface area contributed by atoms with Crippen LogP contribution in [0.2, 0.25) is 5.02 Å². The van der Waals surface area contributed by atoms with Gasteiger partial charge in [0.25, 0.3) is 5.91 Å². The molecule has 5 nitrogen and oxygen atoms in total. The quantitative estimate of drug-likeness (QED) is 0.467. The largest absolute Gasteiger partial charge is 0.353 e. The molecule has 1 saturated heterocycles. The zero-order valence-electron chi connectivity index (χ0n) is 19.9. The molecule has 1 fully saturated rings. The van der Waals surface area contributed by atoms with E-state index < -0.39 is 0 Å². The lowest BCUT2D eigenvalue weighted by molar-refractivity contribution is 0.0746. The van der Waals surface area contributed by atoms with Crippen LogP contribution in [0.3, 0.4) is 0 Å². The van der Waals surface area contributed by atoms with Crippen LogP contribution in [-0.2, 0) is 12.8 Å². The summed E-state index contributed by atoms with van der Waals surface area (Å²) >= 11 is 6.25. The van der Waals surface area contributed by atoms with Gasteiger partial charge in [-0.25, -0.2) is 14.4 Å². The summed E-state index contributed by atoms with van der Waals surface area (Å²) in [5.41, 5.74) is 3.65. The summed E-state index contributed by atoms with van der Waals surface area (Å²) in [6, 6.07) is 13.8. The van der Waals surface area contributed by atoms with Crippen molar-refractivity contribution >= 4 is 23.3 Å². The molecule has 4 rings (SSSR count). The molecule has 0 radical (unpaired) electrons. The SMILES string of the molecule is CCc1nc(C(C)C)nc(N2CCN(C(=O)c3ccccc3Cl)CC2)c1Cc1ccc(F)cc1. The fourth-order valence-electron chi connectivity index (χ4n) is 4.26. The van der Waals surface area contributed by atoms with E-state index in [0.29, 0.717) is 43.2 Å². The van der Waals surface area contributed by atoms with Crippen LogP contribution in [0, 0.1) is 5.82 Å². The topological polar surface area (TPSA) is 49.3 Å². The number of benzene rings is 2. The van der Waals surface area contributed by atoms with Gasteiger partial charge in [-0.3, -0.25) is 4.79 Å². The summed E-state index contributed by atoms with van der Waals surface area (Å²) < 4.78 is 13.5. The van der Waals surface area contributed by atoms with Crippen molar-refractivity contribution in [1.29, 1.82) is 0 Å². The van der Waals surface area contributed by atoms with E-state index in [9.17, 15) is 9.18 Å². The third-order valence-corrected chi connectivity index (χ3v) is 6.53. The number of rotatable bonds is 6. The van der Waals surface area contributed by atoms with Gasteiger partial charge in [0.05, 0.1) is 10.6 Å². The lowest BCUT2D eigenvalue weighted by Crippen LogP contribution is -2.49. The van der Waals surface area contributed by atoms with E-state index in [0.717, 1.165) is 34.9 Å². The minimum atomic E-state index is -0.245. The van der Waals surface area contributed by atoms with Crippen LogP contribution in [0.1, 0.15) is 59.7 Å². The minimum absolute atomic E-state index is 0.0448. The molecule has 0 spiro atoms. The van der Waals surface area contributed by atoms with Crippen LogP contribution in [0.25, 0.3) is 0 Å². The molecule has 1 aliphatic rings. The van der Waals surface area contributed by atoms with E-state index in [1.165, 1.54) is 12.1 Å². The molecule has 1 amide bonds. The van der Waals surface area contributed by atoms with E-state index in [1.54, 1.807) is 12.1 Å². The summed E-state index contributed by atoms with van der Waals surface area (Å²) in [7, 11) is 0. The Bertz CT molecular complexity index is 1160. The fraction of sp³-hybridized carbons (Fsp3) is 0.370. The molecule has 7 heteroatoms. The number of hydrogen-bond acceptors (Lipinski definition) is 4. The number of anilines is 1. The third kappa shape index (κ3) is 5.22. The van der Waals surface area contributed by atoms with Crippen LogP contribution in [0.15, 0.2) is 48.5 Å². The number of piperazine rings is 1. The number of carbonyl (C=O) groups is 1. The first-order valence-corrected chi connectivity index (χ1v) is 12.2. The van der Waals surface area contributed by atoms with E-state index in [4.69, 9.17) is 21.6 Å². The second-order valence-electron chi connectivity index (χ2n) is 8.90. The van der Waals surface area contributed by atoms with Crippen molar-refractivity contribution in [1.82, 2.24) is 14.9 Å². The van der Waals surface area contributed by atoms with Gasteiger partial charge in [0.15, 0.2) is 0 Å². The van der Waals surface area contributed by atoms with Crippen molar-refractivity contribution in [3.8, 4) is 0 Å². The summed E-state index contributed by atoms with van der Waals surface area (Å²) in [5.74, 6) is 1.66. The number of carbonyl (C=O) groups excluding carboxylic acids is 1. The highest BCUT2D eigenvalue weighted by molar-refractivity contribution is 6.33. The number of nitrogens with zero attached hydrogens (tertiary/aromatic N) is 4. The molecule has 0 bridgehead atoms. The van der Waals surface area contributed by atoms with E-state index in [1.807, 2.05) is 29.2 Å². The second-order valence-corrected chi connectivity index (χ2v) is 9.31. The first-order chi connectivity index (χ1) is 16.4. The molecule has 0 N–H and O–H groups in total. The standard InChI is InChI=1S/C27H30ClFN4O/c1-4-24-22(17-19-9-11-20(29)12-10-19)26(31-25(30-24)18(2)3)32-13-15-33(16-14-32)27(34)21-7-5-6-8-23(21)28/h5-12,18H,4,13-17H2,1-3H3. The highest BCUT2D eigenvalue weighted by atomic mass is 35.5. The average Bonchev–Trinajstić information content (AvgIpc) is 2.85. The number of amides is 1. The normalized spacial score (nSPS) is 14.1. The fourth-order valence-corrected chi connectivity index (χ4v) is 4.48. The zero-order valence-corrected chi connectivity index (χ0v) is 20.6. The molecule has 1 aromatic heterocycles. The maximum atomic E-state index is 13.5. The monoisotopic (exact) mass is 480 g/mol. The van der Waals surface area contributed by atoms with Gasteiger partial charge in [-0.15, -0.1) is 0 Å². The second kappa shape index (κ2) is 10.5. The van der Waals surface area contributed by atoms with Gasteiger partial charge in [-0.05, 0) is 36.2 Å². The average molecular weight is 481 g/mol. The van der Waals surface area contributed by atoms with Crippen LogP contribution < -0.4 is 4.90 Å². The molecule has 34 heavy (non-hydrogen) atoms. The number of aryl methyl sites for hydroxylation is 1. The molecule has 0 aliphatic carbocycles. The van der Waals surface area contributed by atoms with Crippen molar-refractivity contribution in [2.24, 2.45) is 0 Å². The first-order valence-electron chi connectivity index (χ1n) is 11.8. The van der Waals surface area contributed by atoms with Crippen molar-refractivity contribution in [2.75, 3.05) is 31.1 Å². The molecule has 0 atom stereocenters. The van der Waals surface area contributed by atoms with E-state index >= 15 is 0 Å². The van der Waals surface area contributed by atoms with Gasteiger partial charge < -0.3 is 9.80 Å². The van der Waals surface area contributed by atoms with Gasteiger partial charge in [0, 0.05) is 49.8 Å². The third-order valence-electron chi connectivity index (χ3n) is 6.20. The van der Waals surface area contributed by atoms with Crippen LogP contribution >= 0.6 is 11.6 Å². The number of aromatic nitrogens is 2. The van der Waals surface area contributed by atoms with Crippen molar-refractivity contribution in [2.45, 2.75) is 39.5 Å². The minimum Gasteiger partial charge on any atom is -0.353 e. The molecule has 3 aromatic rings. The summed E-state index contributed by atoms with van der Waals surface area (Å²) in [4.78, 5) is 26.9. The zero-order chi connectivity index (χ0) is 24.2. The molecule has 2 aromatic carbocycles. The lowest BCUT2D eigenvalue weighted by Gasteiger charge is -2.37. The Morgan fingerprint density at radius 2 is 1.71 bits per heavy atom. The van der Waals surface area contributed by atoms with E-state index in [2.05, 4.69) is 25.7 Å². The van der Waals surface area contributed by atoms with Gasteiger partial charge in [0.1, 0.15) is 17.5 Å². The predicted octanol–water partition coefficient (Wildman–Crippen LogP) is 5.51. The molecule has 0 unspecified atom stereocenters.